The van der Waals surface area contributed by atoms with Crippen LogP contribution < -0.4 is 5.73 Å². The first-order valence-corrected chi connectivity index (χ1v) is 6.36. The maximum absolute atomic E-state index is 11.3. The molecule has 0 radical (unpaired) electrons. The average Bonchev–Trinajstić information content (AvgIpc) is 2.89. The Morgan fingerprint density at radius 3 is 2.74 bits per heavy atom. The van der Waals surface area contributed by atoms with Crippen LogP contribution in [0, 0.1) is 0 Å². The molecule has 0 unspecified atom stereocenters. The quantitative estimate of drug-likeness (QED) is 0.761. The topological polar surface area (TPSA) is 84.7 Å². The van der Waals surface area contributed by atoms with E-state index in [2.05, 4.69) is 31.3 Å². The van der Waals surface area contributed by atoms with Gasteiger partial charge in [-0.1, -0.05) is 36.4 Å². The van der Waals surface area contributed by atoms with Gasteiger partial charge in [0.2, 0.25) is 0 Å². The van der Waals surface area contributed by atoms with Crippen LogP contribution in [0.1, 0.15) is 10.5 Å². The number of benzene rings is 2. The number of hydrogen-bond acceptors (Lipinski definition) is 3. The molecule has 0 atom stereocenters. The molecule has 0 aliphatic rings. The number of carbonyl (C=O) groups excluding carboxylic acids is 1. The number of amides is 1. The van der Waals surface area contributed by atoms with Crippen LogP contribution in [-0.4, -0.2) is 21.3 Å². The van der Waals surface area contributed by atoms with Gasteiger partial charge in [0.15, 0.2) is 5.69 Å². The van der Waals surface area contributed by atoms with Crippen LogP contribution in [-0.2, 0) is 0 Å². The zero-order valence-electron chi connectivity index (χ0n) is 9.72. The van der Waals surface area contributed by atoms with Crippen molar-refractivity contribution < 1.29 is 4.79 Å². The number of halogens is 1. The summed E-state index contributed by atoms with van der Waals surface area (Å²) in [6, 6.07) is 11.8. The van der Waals surface area contributed by atoms with Gasteiger partial charge in [-0.05, 0) is 26.7 Å². The highest BCUT2D eigenvalue weighted by Gasteiger charge is 2.18. The van der Waals surface area contributed by atoms with Gasteiger partial charge in [0.1, 0.15) is 5.69 Å². The Balaban J connectivity index is 2.28. The molecule has 0 fully saturated rings. The van der Waals surface area contributed by atoms with Gasteiger partial charge in [0.25, 0.3) is 5.91 Å². The maximum atomic E-state index is 11.3. The van der Waals surface area contributed by atoms with Gasteiger partial charge in [-0.3, -0.25) is 4.79 Å². The molecule has 94 valence electrons. The molecule has 0 aliphatic heterocycles. The van der Waals surface area contributed by atoms with Crippen LogP contribution in [0.3, 0.4) is 0 Å². The fourth-order valence-corrected chi connectivity index (χ4v) is 2.69. The van der Waals surface area contributed by atoms with Crippen LogP contribution in [0.4, 0.5) is 0 Å². The van der Waals surface area contributed by atoms with Crippen molar-refractivity contribution in [3.63, 3.8) is 0 Å². The molecule has 6 heteroatoms. The van der Waals surface area contributed by atoms with Crippen molar-refractivity contribution in [2.24, 2.45) is 5.73 Å². The molecule has 5 nitrogen and oxygen atoms in total. The molecule has 1 amide bonds. The highest BCUT2D eigenvalue weighted by molar-refractivity contribution is 9.10. The summed E-state index contributed by atoms with van der Waals surface area (Å²) in [4.78, 5) is 11.3. The van der Waals surface area contributed by atoms with E-state index in [0.717, 1.165) is 20.8 Å². The molecule has 2 aromatic carbocycles. The van der Waals surface area contributed by atoms with Crippen molar-refractivity contribution in [2.75, 3.05) is 0 Å². The lowest BCUT2D eigenvalue weighted by atomic mass is 10.0. The van der Waals surface area contributed by atoms with E-state index in [9.17, 15) is 4.79 Å². The Labute approximate surface area is 116 Å². The number of primary amides is 1. The van der Waals surface area contributed by atoms with Crippen LogP contribution >= 0.6 is 15.9 Å². The van der Waals surface area contributed by atoms with Gasteiger partial charge >= 0.3 is 0 Å². The van der Waals surface area contributed by atoms with Crippen molar-refractivity contribution in [3.05, 3.63) is 46.6 Å². The number of carbonyl (C=O) groups is 1. The summed E-state index contributed by atoms with van der Waals surface area (Å²) in [5.74, 6) is -0.608. The van der Waals surface area contributed by atoms with Crippen molar-refractivity contribution in [2.45, 2.75) is 0 Å². The lowest BCUT2D eigenvalue weighted by molar-refractivity contribution is 0.0996. The number of H-pyrrole nitrogens is 1. The third-order valence-electron chi connectivity index (χ3n) is 2.90. The minimum Gasteiger partial charge on any atom is -0.364 e. The van der Waals surface area contributed by atoms with Crippen molar-refractivity contribution in [1.82, 2.24) is 15.4 Å². The molecule has 1 heterocycles. The monoisotopic (exact) mass is 316 g/mol. The highest BCUT2D eigenvalue weighted by Crippen LogP contribution is 2.34. The van der Waals surface area contributed by atoms with Crippen molar-refractivity contribution in [1.29, 1.82) is 0 Å². The molecule has 0 spiro atoms. The Hall–Kier alpha value is -2.21. The number of fused-ring (bicyclic) bond motifs is 1. The molecule has 3 aromatic rings. The van der Waals surface area contributed by atoms with E-state index in [1.54, 1.807) is 0 Å². The first-order valence-electron chi connectivity index (χ1n) is 5.56. The molecule has 0 saturated heterocycles. The second-order valence-corrected chi connectivity index (χ2v) is 4.83. The van der Waals surface area contributed by atoms with E-state index in [1.165, 1.54) is 0 Å². The molecule has 0 bridgehead atoms. The average molecular weight is 317 g/mol. The van der Waals surface area contributed by atoms with Gasteiger partial charge in [0, 0.05) is 10.0 Å². The summed E-state index contributed by atoms with van der Waals surface area (Å²) in [5.41, 5.74) is 6.65. The van der Waals surface area contributed by atoms with E-state index < -0.39 is 5.91 Å². The normalized spacial score (nSPS) is 10.8. The summed E-state index contributed by atoms with van der Waals surface area (Å²) in [6.45, 7) is 0. The van der Waals surface area contributed by atoms with E-state index in [0.29, 0.717) is 5.69 Å². The predicted octanol–water partition coefficient (Wildman–Crippen LogP) is 2.49. The van der Waals surface area contributed by atoms with Gasteiger partial charge < -0.3 is 5.73 Å². The zero-order valence-corrected chi connectivity index (χ0v) is 11.3. The molecular weight excluding hydrogens is 308 g/mol. The largest absolute Gasteiger partial charge is 0.364 e. The van der Waals surface area contributed by atoms with Gasteiger partial charge in [-0.2, -0.15) is 15.4 Å². The number of rotatable bonds is 2. The minimum absolute atomic E-state index is 0.135. The number of aromatic nitrogens is 3. The summed E-state index contributed by atoms with van der Waals surface area (Å²) < 4.78 is 0.863. The Bertz CT molecular complexity index is 781. The summed E-state index contributed by atoms with van der Waals surface area (Å²) in [6.07, 6.45) is 0. The third-order valence-corrected chi connectivity index (χ3v) is 3.75. The number of nitrogens with one attached hydrogen (secondary N) is 1. The van der Waals surface area contributed by atoms with Crippen LogP contribution in [0.25, 0.3) is 22.0 Å². The Kier molecular flexibility index (Phi) is 2.79. The molecule has 0 aliphatic carbocycles. The smallest absolute Gasteiger partial charge is 0.271 e. The third kappa shape index (κ3) is 1.90. The minimum atomic E-state index is -0.608. The van der Waals surface area contributed by atoms with Crippen LogP contribution in [0.2, 0.25) is 0 Å². The van der Waals surface area contributed by atoms with Crippen LogP contribution in [0.5, 0.6) is 0 Å². The fraction of sp³-hybridized carbons (Fsp3) is 0. The van der Waals surface area contributed by atoms with Gasteiger partial charge in [-0.15, -0.1) is 0 Å². The van der Waals surface area contributed by atoms with E-state index in [4.69, 9.17) is 5.73 Å². The van der Waals surface area contributed by atoms with Crippen LogP contribution in [0.15, 0.2) is 40.9 Å². The van der Waals surface area contributed by atoms with Crippen molar-refractivity contribution in [3.8, 4) is 11.3 Å². The number of hydrogen-bond donors (Lipinski definition) is 2. The molecule has 0 saturated carbocycles. The van der Waals surface area contributed by atoms with Crippen molar-refractivity contribution >= 4 is 32.6 Å². The summed E-state index contributed by atoms with van der Waals surface area (Å²) >= 11 is 3.55. The second kappa shape index (κ2) is 4.47. The Morgan fingerprint density at radius 1 is 1.16 bits per heavy atom. The molecule has 19 heavy (non-hydrogen) atoms. The van der Waals surface area contributed by atoms with Gasteiger partial charge in [-0.25, -0.2) is 0 Å². The fourth-order valence-electron chi connectivity index (χ4n) is 2.01. The molecular formula is C13H9BrN4O. The predicted molar refractivity (Wildman–Crippen MR) is 75.5 cm³/mol. The molecule has 3 N–H and O–H groups in total. The first kappa shape index (κ1) is 11.9. The lowest BCUT2D eigenvalue weighted by Gasteiger charge is -2.06. The molecule has 3 rings (SSSR count). The number of nitrogens with two attached hydrogens (primary N) is 1. The van der Waals surface area contributed by atoms with Gasteiger partial charge in [0.05, 0.1) is 0 Å². The number of aromatic amines is 1. The molecule has 1 aromatic heterocycles. The zero-order chi connectivity index (χ0) is 13.4. The van der Waals surface area contributed by atoms with E-state index >= 15 is 0 Å². The highest BCUT2D eigenvalue weighted by atomic mass is 79.9. The van der Waals surface area contributed by atoms with E-state index in [-0.39, 0.29) is 5.69 Å². The lowest BCUT2D eigenvalue weighted by Crippen LogP contribution is -2.12. The maximum Gasteiger partial charge on any atom is 0.271 e. The summed E-state index contributed by atoms with van der Waals surface area (Å²) in [5, 5.41) is 12.4. The Morgan fingerprint density at radius 2 is 1.95 bits per heavy atom. The standard InChI is InChI=1S/C13H9BrN4O/c14-10-8-4-2-1-3-7(8)5-6-9(10)11-12(13(15)19)17-18-16-11/h1-6H,(H2,15,19)(H,16,17,18). The summed E-state index contributed by atoms with van der Waals surface area (Å²) in [7, 11) is 0. The SMILES string of the molecule is NC(=O)c1n[nH]nc1-c1ccc2ccccc2c1Br. The second-order valence-electron chi connectivity index (χ2n) is 4.03. The van der Waals surface area contributed by atoms with E-state index in [1.807, 2.05) is 36.4 Å². The first-order chi connectivity index (χ1) is 9.18. The number of nitrogens with zero attached hydrogens (tertiary/aromatic N) is 2.